The van der Waals surface area contributed by atoms with Gasteiger partial charge in [-0.25, -0.2) is 0 Å². The summed E-state index contributed by atoms with van der Waals surface area (Å²) in [6.45, 7) is 6.01. The standard InChI is InChI=1S/C18H33N3O.ClH/c1-15-7-3-4-8-16(15)20-17(22)13-21-12-11-19-14-18(21)9-5-2-6-10-18;/h15-16,19H,2-14H2,1H3,(H,20,22);1H. The average Bonchev–Trinajstić information content (AvgIpc) is 2.53. The summed E-state index contributed by atoms with van der Waals surface area (Å²) in [5.41, 5.74) is 0.256. The Hall–Kier alpha value is -0.320. The first-order valence-corrected chi connectivity index (χ1v) is 9.45. The van der Waals surface area contributed by atoms with Gasteiger partial charge in [-0.05, 0) is 31.6 Å². The minimum absolute atomic E-state index is 0. The Kier molecular flexibility index (Phi) is 7.18. The van der Waals surface area contributed by atoms with Crippen molar-refractivity contribution < 1.29 is 4.79 Å². The third-order valence-electron chi connectivity index (χ3n) is 6.26. The number of amides is 1. The van der Waals surface area contributed by atoms with Gasteiger partial charge in [0, 0.05) is 31.2 Å². The zero-order chi connectivity index (χ0) is 15.4. The van der Waals surface area contributed by atoms with Crippen LogP contribution in [0.15, 0.2) is 0 Å². The van der Waals surface area contributed by atoms with Gasteiger partial charge in [-0.2, -0.15) is 0 Å². The summed E-state index contributed by atoms with van der Waals surface area (Å²) in [5, 5.41) is 6.90. The van der Waals surface area contributed by atoms with E-state index in [1.807, 2.05) is 0 Å². The minimum Gasteiger partial charge on any atom is -0.352 e. The molecule has 2 aliphatic carbocycles. The van der Waals surface area contributed by atoms with Crippen LogP contribution in [-0.2, 0) is 4.79 Å². The van der Waals surface area contributed by atoms with Crippen molar-refractivity contribution in [3.05, 3.63) is 0 Å². The molecule has 0 radical (unpaired) electrons. The molecule has 0 bridgehead atoms. The van der Waals surface area contributed by atoms with Crippen molar-refractivity contribution >= 4 is 18.3 Å². The molecule has 0 aromatic carbocycles. The highest BCUT2D eigenvalue weighted by Crippen LogP contribution is 2.34. The Morgan fingerprint density at radius 3 is 2.65 bits per heavy atom. The van der Waals surface area contributed by atoms with Gasteiger partial charge in [-0.1, -0.05) is 39.0 Å². The molecule has 23 heavy (non-hydrogen) atoms. The fourth-order valence-corrected chi connectivity index (χ4v) is 4.79. The van der Waals surface area contributed by atoms with E-state index in [2.05, 4.69) is 22.5 Å². The van der Waals surface area contributed by atoms with Crippen LogP contribution in [0.3, 0.4) is 0 Å². The lowest BCUT2D eigenvalue weighted by Gasteiger charge is -2.49. The molecule has 3 aliphatic rings. The zero-order valence-corrected chi connectivity index (χ0v) is 15.4. The van der Waals surface area contributed by atoms with E-state index in [4.69, 9.17) is 0 Å². The Labute approximate surface area is 147 Å². The number of rotatable bonds is 3. The van der Waals surface area contributed by atoms with E-state index in [1.54, 1.807) is 0 Å². The predicted octanol–water partition coefficient (Wildman–Crippen LogP) is 2.71. The molecular formula is C18H34ClN3O. The number of hydrogen-bond acceptors (Lipinski definition) is 3. The number of halogens is 1. The van der Waals surface area contributed by atoms with E-state index < -0.39 is 0 Å². The van der Waals surface area contributed by atoms with Crippen molar-refractivity contribution in [3.63, 3.8) is 0 Å². The van der Waals surface area contributed by atoms with Crippen molar-refractivity contribution in [2.45, 2.75) is 76.3 Å². The number of carbonyl (C=O) groups excluding carboxylic acids is 1. The Bertz CT molecular complexity index is 376. The molecule has 3 fully saturated rings. The molecule has 5 heteroatoms. The first-order valence-electron chi connectivity index (χ1n) is 9.45. The number of piperazine rings is 1. The average molecular weight is 344 g/mol. The third kappa shape index (κ3) is 4.61. The molecule has 1 spiro atoms. The first kappa shape index (κ1) is 19.0. The second-order valence-corrected chi connectivity index (χ2v) is 7.82. The summed E-state index contributed by atoms with van der Waals surface area (Å²) >= 11 is 0. The van der Waals surface area contributed by atoms with Crippen molar-refractivity contribution in [1.82, 2.24) is 15.5 Å². The summed E-state index contributed by atoms with van der Waals surface area (Å²) in [4.78, 5) is 15.1. The summed E-state index contributed by atoms with van der Waals surface area (Å²) in [7, 11) is 0. The highest BCUT2D eigenvalue weighted by Gasteiger charge is 2.40. The van der Waals surface area contributed by atoms with Gasteiger partial charge in [-0.3, -0.25) is 9.69 Å². The van der Waals surface area contributed by atoms with Gasteiger partial charge in [0.15, 0.2) is 0 Å². The summed E-state index contributed by atoms with van der Waals surface area (Å²) in [6.07, 6.45) is 11.5. The molecule has 2 saturated carbocycles. The van der Waals surface area contributed by atoms with Crippen LogP contribution in [-0.4, -0.2) is 48.6 Å². The van der Waals surface area contributed by atoms with Gasteiger partial charge in [0.05, 0.1) is 6.54 Å². The summed E-state index contributed by atoms with van der Waals surface area (Å²) in [5.74, 6) is 0.898. The second-order valence-electron chi connectivity index (χ2n) is 7.82. The molecule has 2 unspecified atom stereocenters. The lowest BCUT2D eigenvalue weighted by molar-refractivity contribution is -0.126. The number of carbonyl (C=O) groups is 1. The first-order chi connectivity index (χ1) is 10.7. The molecule has 1 amide bonds. The van der Waals surface area contributed by atoms with Crippen LogP contribution in [0, 0.1) is 5.92 Å². The molecule has 3 rings (SSSR count). The van der Waals surface area contributed by atoms with Crippen molar-refractivity contribution in [2.75, 3.05) is 26.2 Å². The Morgan fingerprint density at radius 1 is 1.17 bits per heavy atom. The molecular weight excluding hydrogens is 310 g/mol. The van der Waals surface area contributed by atoms with E-state index in [-0.39, 0.29) is 23.9 Å². The zero-order valence-electron chi connectivity index (χ0n) is 14.6. The molecule has 0 aromatic heterocycles. The van der Waals surface area contributed by atoms with E-state index in [0.29, 0.717) is 18.5 Å². The predicted molar refractivity (Wildman–Crippen MR) is 97.1 cm³/mol. The van der Waals surface area contributed by atoms with Crippen LogP contribution < -0.4 is 10.6 Å². The Balaban J connectivity index is 0.00000192. The molecule has 1 saturated heterocycles. The molecule has 1 heterocycles. The maximum Gasteiger partial charge on any atom is 0.234 e. The summed E-state index contributed by atoms with van der Waals surface area (Å²) < 4.78 is 0. The van der Waals surface area contributed by atoms with Crippen LogP contribution in [0.4, 0.5) is 0 Å². The SMILES string of the molecule is CC1CCCCC1NC(=O)CN1CCNCC12CCCCC2.Cl. The van der Waals surface area contributed by atoms with Gasteiger partial charge in [0.1, 0.15) is 0 Å². The van der Waals surface area contributed by atoms with Crippen LogP contribution in [0.5, 0.6) is 0 Å². The molecule has 0 aromatic rings. The fourth-order valence-electron chi connectivity index (χ4n) is 4.79. The highest BCUT2D eigenvalue weighted by atomic mass is 35.5. The number of hydrogen-bond donors (Lipinski definition) is 2. The van der Waals surface area contributed by atoms with Crippen molar-refractivity contribution in [3.8, 4) is 0 Å². The van der Waals surface area contributed by atoms with Gasteiger partial charge >= 0.3 is 0 Å². The van der Waals surface area contributed by atoms with Crippen molar-refractivity contribution in [2.24, 2.45) is 5.92 Å². The molecule has 4 nitrogen and oxygen atoms in total. The number of nitrogens with zero attached hydrogens (tertiary/aromatic N) is 1. The van der Waals surface area contributed by atoms with Gasteiger partial charge in [-0.15, -0.1) is 12.4 Å². The monoisotopic (exact) mass is 343 g/mol. The lowest BCUT2D eigenvalue weighted by atomic mass is 9.79. The lowest BCUT2D eigenvalue weighted by Crippen LogP contribution is -2.63. The largest absolute Gasteiger partial charge is 0.352 e. The molecule has 2 N–H and O–H groups in total. The smallest absolute Gasteiger partial charge is 0.234 e. The topological polar surface area (TPSA) is 44.4 Å². The molecule has 134 valence electrons. The van der Waals surface area contributed by atoms with Gasteiger partial charge in [0.2, 0.25) is 5.91 Å². The van der Waals surface area contributed by atoms with Gasteiger partial charge in [0.25, 0.3) is 0 Å². The van der Waals surface area contributed by atoms with E-state index in [0.717, 1.165) is 19.6 Å². The normalized spacial score (nSPS) is 31.3. The van der Waals surface area contributed by atoms with E-state index in [9.17, 15) is 4.79 Å². The highest BCUT2D eigenvalue weighted by molar-refractivity contribution is 5.85. The van der Waals surface area contributed by atoms with Gasteiger partial charge < -0.3 is 10.6 Å². The van der Waals surface area contributed by atoms with Crippen molar-refractivity contribution in [1.29, 1.82) is 0 Å². The summed E-state index contributed by atoms with van der Waals surface area (Å²) in [6, 6.07) is 0.409. The minimum atomic E-state index is 0. The quantitative estimate of drug-likeness (QED) is 0.828. The van der Waals surface area contributed by atoms with Crippen LogP contribution in [0.1, 0.15) is 64.7 Å². The maximum absolute atomic E-state index is 12.6. The second kappa shape index (κ2) is 8.68. The van der Waals surface area contributed by atoms with Crippen LogP contribution in [0.25, 0.3) is 0 Å². The van der Waals surface area contributed by atoms with Crippen LogP contribution in [0.2, 0.25) is 0 Å². The fraction of sp³-hybridized carbons (Fsp3) is 0.944. The van der Waals surface area contributed by atoms with E-state index >= 15 is 0 Å². The molecule has 2 atom stereocenters. The Morgan fingerprint density at radius 2 is 1.91 bits per heavy atom. The van der Waals surface area contributed by atoms with E-state index in [1.165, 1.54) is 57.8 Å². The van der Waals surface area contributed by atoms with Crippen LogP contribution >= 0.6 is 12.4 Å². The number of nitrogens with one attached hydrogen (secondary N) is 2. The molecule has 1 aliphatic heterocycles. The third-order valence-corrected chi connectivity index (χ3v) is 6.26. The maximum atomic E-state index is 12.6.